The lowest BCUT2D eigenvalue weighted by Gasteiger charge is -2.32. The summed E-state index contributed by atoms with van der Waals surface area (Å²) in [5.41, 5.74) is 1.28. The van der Waals surface area contributed by atoms with Gasteiger partial charge in [-0.15, -0.1) is 0 Å². The Bertz CT molecular complexity index is 1070. The molecule has 2 heterocycles. The zero-order valence-corrected chi connectivity index (χ0v) is 18.6. The van der Waals surface area contributed by atoms with Crippen LogP contribution in [0.1, 0.15) is 44.3 Å². The third-order valence-electron chi connectivity index (χ3n) is 5.32. The maximum absolute atomic E-state index is 6.13. The Morgan fingerprint density at radius 3 is 2.47 bits per heavy atom. The van der Waals surface area contributed by atoms with Crippen molar-refractivity contribution in [2.24, 2.45) is 12.5 Å². The third kappa shape index (κ3) is 4.13. The minimum atomic E-state index is -0.305. The van der Waals surface area contributed by atoms with Crippen molar-refractivity contribution >= 4 is 12.2 Å². The van der Waals surface area contributed by atoms with E-state index in [4.69, 9.17) is 26.8 Å². The van der Waals surface area contributed by atoms with Crippen LogP contribution in [0.3, 0.4) is 0 Å². The second-order valence-electron chi connectivity index (χ2n) is 8.64. The van der Waals surface area contributed by atoms with E-state index in [1.807, 2.05) is 46.6 Å². The average Bonchev–Trinajstić information content (AvgIpc) is 3.02. The van der Waals surface area contributed by atoms with Crippen LogP contribution in [-0.4, -0.2) is 21.0 Å². The van der Waals surface area contributed by atoms with Gasteiger partial charge >= 0.3 is 0 Å². The summed E-state index contributed by atoms with van der Waals surface area (Å²) in [6.45, 7) is 7.59. The first-order chi connectivity index (χ1) is 14.3. The molecule has 1 N–H and O–H groups in total. The molecule has 0 bridgehead atoms. The number of nitrogens with zero attached hydrogens (tertiary/aromatic N) is 3. The summed E-state index contributed by atoms with van der Waals surface area (Å²) in [5.74, 6) is 2.24. The molecule has 158 valence electrons. The smallest absolute Gasteiger partial charge is 0.198 e. The lowest BCUT2D eigenvalue weighted by atomic mass is 9.82. The zero-order valence-electron chi connectivity index (χ0n) is 17.8. The van der Waals surface area contributed by atoms with E-state index in [9.17, 15) is 0 Å². The van der Waals surface area contributed by atoms with Gasteiger partial charge in [-0.25, -0.2) is 4.68 Å². The van der Waals surface area contributed by atoms with E-state index in [1.54, 1.807) is 0 Å². The second kappa shape index (κ2) is 8.24. The minimum Gasteiger partial charge on any atom is -0.485 e. The van der Waals surface area contributed by atoms with Gasteiger partial charge in [-0.1, -0.05) is 63.2 Å². The van der Waals surface area contributed by atoms with Crippen molar-refractivity contribution in [1.82, 2.24) is 19.7 Å². The van der Waals surface area contributed by atoms with Crippen LogP contribution in [0.2, 0.25) is 0 Å². The van der Waals surface area contributed by atoms with Crippen LogP contribution < -0.4 is 14.8 Å². The summed E-state index contributed by atoms with van der Waals surface area (Å²) in [7, 11) is 1.92. The molecular formula is C23H28N4O2S. The summed E-state index contributed by atoms with van der Waals surface area (Å²) in [5, 5.41) is 8.40. The highest BCUT2D eigenvalue weighted by Crippen LogP contribution is 2.35. The van der Waals surface area contributed by atoms with Crippen LogP contribution >= 0.6 is 12.2 Å². The number of para-hydroxylation sites is 2. The van der Waals surface area contributed by atoms with Gasteiger partial charge in [0.25, 0.3) is 0 Å². The normalized spacial score (nSPS) is 17.0. The van der Waals surface area contributed by atoms with Crippen LogP contribution in [0.15, 0.2) is 54.6 Å². The summed E-state index contributed by atoms with van der Waals surface area (Å²) in [6.07, 6.45) is -0.305. The number of hydrogen-bond donors (Lipinski definition) is 1. The van der Waals surface area contributed by atoms with Gasteiger partial charge in [0.15, 0.2) is 28.2 Å². The quantitative estimate of drug-likeness (QED) is 0.597. The number of fused-ring (bicyclic) bond motifs is 1. The molecule has 6 nitrogen and oxygen atoms in total. The topological polar surface area (TPSA) is 53.2 Å². The Kier molecular flexibility index (Phi) is 5.66. The van der Waals surface area contributed by atoms with E-state index in [-0.39, 0.29) is 17.6 Å². The van der Waals surface area contributed by atoms with Gasteiger partial charge in [-0.2, -0.15) is 5.10 Å². The van der Waals surface area contributed by atoms with Gasteiger partial charge in [0.2, 0.25) is 0 Å². The molecule has 30 heavy (non-hydrogen) atoms. The Morgan fingerprint density at radius 1 is 1.10 bits per heavy atom. The lowest BCUT2D eigenvalue weighted by Crippen LogP contribution is -2.34. The lowest BCUT2D eigenvalue weighted by molar-refractivity contribution is 0.0824. The molecule has 0 radical (unpaired) electrons. The van der Waals surface area contributed by atoms with Gasteiger partial charge in [0, 0.05) is 13.1 Å². The SMILES string of the molecule is Cn1c([C@@H]2COc3ccccc3O2)nn(CN[C@@H](c2ccccc2)C(C)(C)C)c1=S. The number of aromatic nitrogens is 3. The molecular weight excluding hydrogens is 396 g/mol. The van der Waals surface area contributed by atoms with Crippen molar-refractivity contribution in [3.8, 4) is 11.5 Å². The molecule has 0 amide bonds. The van der Waals surface area contributed by atoms with Crippen LogP contribution in [0.4, 0.5) is 0 Å². The summed E-state index contributed by atoms with van der Waals surface area (Å²) in [4.78, 5) is 0. The molecule has 3 aromatic rings. The number of benzene rings is 2. The van der Waals surface area contributed by atoms with Gasteiger partial charge in [-0.05, 0) is 35.3 Å². The molecule has 0 unspecified atom stereocenters. The van der Waals surface area contributed by atoms with E-state index >= 15 is 0 Å². The van der Waals surface area contributed by atoms with E-state index in [1.165, 1.54) is 5.56 Å². The summed E-state index contributed by atoms with van der Waals surface area (Å²) < 4.78 is 16.3. The van der Waals surface area contributed by atoms with Crippen molar-refractivity contribution < 1.29 is 9.47 Å². The summed E-state index contributed by atoms with van der Waals surface area (Å²) >= 11 is 5.65. The monoisotopic (exact) mass is 424 g/mol. The highest BCUT2D eigenvalue weighted by atomic mass is 32.1. The number of nitrogens with one attached hydrogen (secondary N) is 1. The number of hydrogen-bond acceptors (Lipinski definition) is 5. The molecule has 1 aliphatic heterocycles. The predicted molar refractivity (Wildman–Crippen MR) is 119 cm³/mol. The minimum absolute atomic E-state index is 0.0329. The maximum atomic E-state index is 6.13. The van der Waals surface area contributed by atoms with Crippen molar-refractivity contribution in [1.29, 1.82) is 0 Å². The van der Waals surface area contributed by atoms with Crippen LogP contribution in [0, 0.1) is 10.2 Å². The van der Waals surface area contributed by atoms with Gasteiger partial charge in [-0.3, -0.25) is 5.32 Å². The molecule has 0 fully saturated rings. The van der Waals surface area contributed by atoms with Crippen LogP contribution in [0.5, 0.6) is 11.5 Å². The zero-order chi connectivity index (χ0) is 21.3. The van der Waals surface area contributed by atoms with E-state index in [0.717, 1.165) is 17.3 Å². The molecule has 0 saturated carbocycles. The highest BCUT2D eigenvalue weighted by molar-refractivity contribution is 7.71. The fourth-order valence-electron chi connectivity index (χ4n) is 3.78. The first kappa shape index (κ1) is 20.6. The van der Waals surface area contributed by atoms with Crippen molar-refractivity contribution in [2.45, 2.75) is 39.6 Å². The molecule has 0 saturated heterocycles. The van der Waals surface area contributed by atoms with E-state index in [0.29, 0.717) is 18.0 Å². The molecule has 7 heteroatoms. The first-order valence-corrected chi connectivity index (χ1v) is 10.6. The van der Waals surface area contributed by atoms with E-state index < -0.39 is 0 Å². The number of ether oxygens (including phenoxy) is 2. The molecule has 2 atom stereocenters. The molecule has 2 aromatic carbocycles. The second-order valence-corrected chi connectivity index (χ2v) is 9.00. The molecule has 0 spiro atoms. The van der Waals surface area contributed by atoms with Gasteiger partial charge in [0.1, 0.15) is 6.61 Å². The fraction of sp³-hybridized carbons (Fsp3) is 0.391. The van der Waals surface area contributed by atoms with Gasteiger partial charge in [0.05, 0.1) is 6.67 Å². The number of rotatable bonds is 5. The fourth-order valence-corrected chi connectivity index (χ4v) is 3.98. The van der Waals surface area contributed by atoms with Crippen molar-refractivity contribution in [3.63, 3.8) is 0 Å². The summed E-state index contributed by atoms with van der Waals surface area (Å²) in [6, 6.07) is 18.3. The highest BCUT2D eigenvalue weighted by Gasteiger charge is 2.29. The Morgan fingerprint density at radius 2 is 1.77 bits per heavy atom. The Labute approximate surface area is 182 Å². The average molecular weight is 425 g/mol. The first-order valence-electron chi connectivity index (χ1n) is 10.1. The predicted octanol–water partition coefficient (Wildman–Crippen LogP) is 4.80. The van der Waals surface area contributed by atoms with Crippen molar-refractivity contribution in [3.05, 3.63) is 70.8 Å². The van der Waals surface area contributed by atoms with Crippen molar-refractivity contribution in [2.75, 3.05) is 6.61 Å². The molecule has 1 aromatic heterocycles. The van der Waals surface area contributed by atoms with Gasteiger partial charge < -0.3 is 14.0 Å². The Balaban J connectivity index is 1.54. The van der Waals surface area contributed by atoms with E-state index in [2.05, 4.69) is 50.4 Å². The molecule has 0 aliphatic carbocycles. The third-order valence-corrected chi connectivity index (χ3v) is 5.80. The van der Waals surface area contributed by atoms with Crippen LogP contribution in [-0.2, 0) is 13.7 Å². The van der Waals surface area contributed by atoms with Crippen LogP contribution in [0.25, 0.3) is 0 Å². The Hall–Kier alpha value is -2.64. The molecule has 1 aliphatic rings. The molecule has 4 rings (SSSR count). The maximum Gasteiger partial charge on any atom is 0.198 e. The largest absolute Gasteiger partial charge is 0.485 e. The standard InChI is InChI=1S/C23H28N4O2S/c1-23(2,3)20(16-10-6-5-7-11-16)24-15-27-22(30)26(4)21(25-27)19-14-28-17-12-8-9-13-18(17)29-19/h5-13,19-20,24H,14-15H2,1-4H3/t19-,20-/m0/s1.